The van der Waals surface area contributed by atoms with Gasteiger partial charge in [-0.2, -0.15) is 0 Å². The van der Waals surface area contributed by atoms with Crippen molar-refractivity contribution in [2.24, 2.45) is 17.8 Å². The summed E-state index contributed by atoms with van der Waals surface area (Å²) in [6, 6.07) is 8.36. The number of hydrogen-bond donors (Lipinski definition) is 0. The van der Waals surface area contributed by atoms with E-state index in [1.807, 2.05) is 6.07 Å². The zero-order chi connectivity index (χ0) is 27.7. The minimum atomic E-state index is -0.459. The average molecular weight is 538 g/mol. The third kappa shape index (κ3) is 5.75. The lowest BCUT2D eigenvalue weighted by atomic mass is 9.74. The van der Waals surface area contributed by atoms with Crippen molar-refractivity contribution in [3.63, 3.8) is 0 Å². The maximum Gasteiger partial charge on any atom is 0.332 e. The number of esters is 1. The topological polar surface area (TPSA) is 73.5 Å². The monoisotopic (exact) mass is 537 g/mol. The van der Waals surface area contributed by atoms with Crippen molar-refractivity contribution in [3.8, 4) is 0 Å². The number of carbonyl (C=O) groups is 1. The van der Waals surface area contributed by atoms with Crippen molar-refractivity contribution in [1.29, 1.82) is 0 Å². The molecule has 0 N–H and O–H groups in total. The predicted molar refractivity (Wildman–Crippen MR) is 155 cm³/mol. The highest BCUT2D eigenvalue weighted by atomic mass is 16.5. The molecule has 2 bridgehead atoms. The molecule has 1 aliphatic carbocycles. The van der Waals surface area contributed by atoms with E-state index in [9.17, 15) is 14.4 Å². The van der Waals surface area contributed by atoms with Gasteiger partial charge in [0, 0.05) is 24.2 Å². The Morgan fingerprint density at radius 3 is 2.13 bits per heavy atom. The summed E-state index contributed by atoms with van der Waals surface area (Å²) in [6.45, 7) is 9.05. The van der Waals surface area contributed by atoms with E-state index in [1.165, 1.54) is 47.7 Å². The van der Waals surface area contributed by atoms with Crippen LogP contribution < -0.4 is 11.2 Å². The number of ether oxygens (including phenoxy) is 1. The van der Waals surface area contributed by atoms with Crippen LogP contribution in [0.2, 0.25) is 0 Å². The summed E-state index contributed by atoms with van der Waals surface area (Å²) in [7, 11) is 0. The van der Waals surface area contributed by atoms with Crippen molar-refractivity contribution in [2.45, 2.75) is 123 Å². The van der Waals surface area contributed by atoms with Crippen molar-refractivity contribution in [1.82, 2.24) is 14.0 Å². The van der Waals surface area contributed by atoms with Gasteiger partial charge in [0.25, 0.3) is 5.56 Å². The van der Waals surface area contributed by atoms with E-state index in [0.29, 0.717) is 29.0 Å². The molecule has 2 aromatic rings. The first kappa shape index (κ1) is 28.1. The molecule has 1 saturated carbocycles. The van der Waals surface area contributed by atoms with Crippen LogP contribution in [0.25, 0.3) is 10.9 Å². The second-order valence-electron chi connectivity index (χ2n) is 12.8. The van der Waals surface area contributed by atoms with E-state index in [1.54, 1.807) is 25.1 Å². The maximum atomic E-state index is 13.9. The Labute approximate surface area is 232 Å². The summed E-state index contributed by atoms with van der Waals surface area (Å²) in [5, 5.41) is 0.488. The molecule has 4 unspecified atom stereocenters. The van der Waals surface area contributed by atoms with Gasteiger partial charge in [-0.15, -0.1) is 0 Å². The van der Waals surface area contributed by atoms with Gasteiger partial charge in [0.05, 0.1) is 17.5 Å². The molecule has 2 saturated heterocycles. The van der Waals surface area contributed by atoms with E-state index in [-0.39, 0.29) is 30.4 Å². The first-order valence-corrected chi connectivity index (χ1v) is 15.5. The number of piperidine rings is 2. The largest absolute Gasteiger partial charge is 0.465 e. The van der Waals surface area contributed by atoms with E-state index in [2.05, 4.69) is 25.7 Å². The molecular weight excluding hydrogens is 490 g/mol. The fourth-order valence-corrected chi connectivity index (χ4v) is 8.37. The van der Waals surface area contributed by atoms with Crippen LogP contribution in [-0.4, -0.2) is 44.7 Å². The number of hydrogen-bond acceptors (Lipinski definition) is 5. The summed E-state index contributed by atoms with van der Waals surface area (Å²) in [5.74, 6) is 1.84. The Hall–Kier alpha value is -2.41. The normalized spacial score (nSPS) is 31.9. The molecule has 3 heterocycles. The smallest absolute Gasteiger partial charge is 0.332 e. The van der Waals surface area contributed by atoms with Crippen LogP contribution in [0.15, 0.2) is 33.9 Å². The van der Waals surface area contributed by atoms with Gasteiger partial charge in [-0.3, -0.25) is 23.6 Å². The average Bonchev–Trinajstić information content (AvgIpc) is 2.89. The first-order valence-electron chi connectivity index (χ1n) is 15.5. The number of para-hydroxylation sites is 1. The summed E-state index contributed by atoms with van der Waals surface area (Å²) in [4.78, 5) is 42.9. The van der Waals surface area contributed by atoms with Crippen LogP contribution >= 0.6 is 0 Å². The fourth-order valence-electron chi connectivity index (χ4n) is 8.37. The highest BCUT2D eigenvalue weighted by Crippen LogP contribution is 2.43. The summed E-state index contributed by atoms with van der Waals surface area (Å²) in [5.41, 5.74) is -0.120. The summed E-state index contributed by atoms with van der Waals surface area (Å²) in [6.07, 6.45) is 11.6. The number of carbonyl (C=O) groups excluding carboxylic acids is 1. The van der Waals surface area contributed by atoms with Gasteiger partial charge in [0.2, 0.25) is 0 Å². The Kier molecular flexibility index (Phi) is 8.65. The molecule has 3 aliphatic rings. The van der Waals surface area contributed by atoms with Gasteiger partial charge in [-0.1, -0.05) is 45.7 Å². The Morgan fingerprint density at radius 2 is 1.51 bits per heavy atom. The zero-order valence-electron chi connectivity index (χ0n) is 24.3. The summed E-state index contributed by atoms with van der Waals surface area (Å²) >= 11 is 0. The molecule has 214 valence electrons. The van der Waals surface area contributed by atoms with Crippen LogP contribution in [0.3, 0.4) is 0 Å². The second-order valence-corrected chi connectivity index (χ2v) is 12.8. The molecule has 39 heavy (non-hydrogen) atoms. The highest BCUT2D eigenvalue weighted by Gasteiger charge is 2.44. The lowest BCUT2D eigenvalue weighted by Crippen LogP contribution is -2.59. The van der Waals surface area contributed by atoms with Crippen molar-refractivity contribution < 1.29 is 9.53 Å². The lowest BCUT2D eigenvalue weighted by Gasteiger charge is -2.53. The molecular formula is C32H47N3O4. The van der Waals surface area contributed by atoms with Gasteiger partial charge in [0.15, 0.2) is 0 Å². The Balaban J connectivity index is 1.47. The molecule has 0 amide bonds. The van der Waals surface area contributed by atoms with Crippen molar-refractivity contribution in [3.05, 3.63) is 45.1 Å². The van der Waals surface area contributed by atoms with Gasteiger partial charge < -0.3 is 4.74 Å². The number of aromatic nitrogens is 2. The fraction of sp³-hybridized carbons (Fsp3) is 0.719. The van der Waals surface area contributed by atoms with Crippen LogP contribution in [0.5, 0.6) is 0 Å². The molecule has 5 rings (SSSR count). The number of fused-ring (bicyclic) bond motifs is 3. The Morgan fingerprint density at radius 1 is 0.872 bits per heavy atom. The van der Waals surface area contributed by atoms with Gasteiger partial charge in [-0.25, -0.2) is 4.79 Å². The molecule has 2 aliphatic heterocycles. The van der Waals surface area contributed by atoms with E-state index >= 15 is 0 Å². The third-order valence-electron chi connectivity index (χ3n) is 9.86. The third-order valence-corrected chi connectivity index (χ3v) is 9.86. The zero-order valence-corrected chi connectivity index (χ0v) is 24.3. The lowest BCUT2D eigenvalue weighted by molar-refractivity contribution is -0.143. The van der Waals surface area contributed by atoms with Gasteiger partial charge in [-0.05, 0) is 88.2 Å². The van der Waals surface area contributed by atoms with E-state index in [4.69, 9.17) is 4.74 Å². The number of benzene rings is 1. The Bertz CT molecular complexity index is 1250. The molecule has 0 radical (unpaired) electrons. The number of rotatable bonds is 6. The van der Waals surface area contributed by atoms with Crippen LogP contribution in [0.4, 0.5) is 0 Å². The molecule has 3 fully saturated rings. The molecule has 1 aromatic carbocycles. The highest BCUT2D eigenvalue weighted by molar-refractivity contribution is 5.80. The quantitative estimate of drug-likeness (QED) is 0.454. The molecule has 4 atom stereocenters. The van der Waals surface area contributed by atoms with E-state index < -0.39 is 5.97 Å². The predicted octanol–water partition coefficient (Wildman–Crippen LogP) is 5.53. The first-order chi connectivity index (χ1) is 18.8. The van der Waals surface area contributed by atoms with Crippen LogP contribution in [0, 0.1) is 17.8 Å². The second kappa shape index (κ2) is 12.0. The summed E-state index contributed by atoms with van der Waals surface area (Å²) < 4.78 is 8.09. The SMILES string of the molecule is CCOC(=O)Cn1c(=O)n(C2CC3CCCC(C2)N3C2CC(C)CC(CC)CC(C)C2)c(=O)c2ccccc21. The molecule has 1 aromatic heterocycles. The van der Waals surface area contributed by atoms with Crippen molar-refractivity contribution >= 4 is 16.9 Å². The van der Waals surface area contributed by atoms with Crippen LogP contribution in [-0.2, 0) is 16.1 Å². The maximum absolute atomic E-state index is 13.9. The van der Waals surface area contributed by atoms with Gasteiger partial charge >= 0.3 is 11.7 Å². The molecule has 7 heteroatoms. The molecule has 7 nitrogen and oxygen atoms in total. The van der Waals surface area contributed by atoms with E-state index in [0.717, 1.165) is 43.4 Å². The van der Waals surface area contributed by atoms with Gasteiger partial charge in [0.1, 0.15) is 6.54 Å². The minimum Gasteiger partial charge on any atom is -0.465 e. The number of nitrogens with zero attached hydrogens (tertiary/aromatic N) is 3. The minimum absolute atomic E-state index is 0.150. The van der Waals surface area contributed by atoms with Crippen molar-refractivity contribution in [2.75, 3.05) is 6.61 Å². The standard InChI is InChI=1S/C32H47N3O4/c1-5-23-14-21(3)16-26(17-22(4)15-23)34-24-10-9-11-25(34)19-27(18-24)35-31(37)28-12-7-8-13-29(28)33(32(35)38)20-30(36)39-6-2/h7-8,12-13,21-27H,5-6,9-11,14-20H2,1-4H3. The molecule has 0 spiro atoms. The van der Waals surface area contributed by atoms with Crippen LogP contribution in [0.1, 0.15) is 97.9 Å².